The summed E-state index contributed by atoms with van der Waals surface area (Å²) in [4.78, 5) is 10.7. The summed E-state index contributed by atoms with van der Waals surface area (Å²) in [5, 5.41) is -1.16. The van der Waals surface area contributed by atoms with E-state index in [-0.39, 0.29) is 6.07 Å². The molecule has 0 heterocycles. The van der Waals surface area contributed by atoms with Gasteiger partial charge in [0.25, 0.3) is 5.24 Å². The summed E-state index contributed by atoms with van der Waals surface area (Å²) in [6.07, 6.45) is -4.75. The lowest BCUT2D eigenvalue weighted by Gasteiger charge is -2.10. The lowest BCUT2D eigenvalue weighted by molar-refractivity contribution is -0.138. The van der Waals surface area contributed by atoms with E-state index in [0.717, 1.165) is 0 Å². The largest absolute Gasteiger partial charge is 0.417 e. The minimum atomic E-state index is -4.75. The number of rotatable bonds is 1. The first kappa shape index (κ1) is 12.4. The van der Waals surface area contributed by atoms with Crippen molar-refractivity contribution in [3.05, 3.63) is 33.5 Å². The predicted molar refractivity (Wildman–Crippen MR) is 49.3 cm³/mol. The maximum absolute atomic E-state index is 12.8. The van der Waals surface area contributed by atoms with Crippen molar-refractivity contribution in [2.75, 3.05) is 0 Å². The Morgan fingerprint density at radius 2 is 1.87 bits per heavy atom. The van der Waals surface area contributed by atoms with Gasteiger partial charge < -0.3 is 0 Å². The zero-order valence-electron chi connectivity index (χ0n) is 6.83. The standard InChI is InChI=1S/C8H2BrClF4O/c9-6-4(7(10)15)1-3(11)2-5(6)8(12,13)14/h1-2H. The number of hydrogen-bond donors (Lipinski definition) is 0. The molecule has 0 aromatic heterocycles. The second kappa shape index (κ2) is 4.09. The normalized spacial score (nSPS) is 11.6. The minimum absolute atomic E-state index is 0.285. The Morgan fingerprint density at radius 3 is 2.27 bits per heavy atom. The summed E-state index contributed by atoms with van der Waals surface area (Å²) in [6, 6.07) is 0.919. The van der Waals surface area contributed by atoms with Crippen LogP contribution in [0, 0.1) is 5.82 Å². The molecule has 1 aromatic carbocycles. The molecular formula is C8H2BrClF4O. The van der Waals surface area contributed by atoms with Crippen LogP contribution in [0.25, 0.3) is 0 Å². The molecule has 0 saturated carbocycles. The molecule has 0 spiro atoms. The van der Waals surface area contributed by atoms with Crippen LogP contribution in [0.3, 0.4) is 0 Å². The molecule has 0 unspecified atom stereocenters. The number of hydrogen-bond acceptors (Lipinski definition) is 1. The van der Waals surface area contributed by atoms with Crippen molar-refractivity contribution in [3.63, 3.8) is 0 Å². The SMILES string of the molecule is O=C(Cl)c1cc(F)cc(C(F)(F)F)c1Br. The van der Waals surface area contributed by atoms with Gasteiger partial charge in [-0.15, -0.1) is 0 Å². The van der Waals surface area contributed by atoms with Crippen molar-refractivity contribution >= 4 is 32.8 Å². The van der Waals surface area contributed by atoms with Crippen LogP contribution in [0.5, 0.6) is 0 Å². The molecule has 1 nitrogen and oxygen atoms in total. The van der Waals surface area contributed by atoms with E-state index in [1.807, 2.05) is 0 Å². The van der Waals surface area contributed by atoms with Gasteiger partial charge in [-0.25, -0.2) is 4.39 Å². The van der Waals surface area contributed by atoms with Crippen molar-refractivity contribution in [1.82, 2.24) is 0 Å². The lowest BCUT2D eigenvalue weighted by Crippen LogP contribution is -2.09. The Balaban J connectivity index is 3.49. The number of halogens is 6. The lowest BCUT2D eigenvalue weighted by atomic mass is 10.1. The summed E-state index contributed by atoms with van der Waals surface area (Å²) in [5.41, 5.74) is -1.82. The van der Waals surface area contributed by atoms with Gasteiger partial charge in [0.15, 0.2) is 0 Å². The zero-order chi connectivity index (χ0) is 11.8. The van der Waals surface area contributed by atoms with Crippen LogP contribution in [-0.4, -0.2) is 5.24 Å². The quantitative estimate of drug-likeness (QED) is 0.566. The zero-order valence-corrected chi connectivity index (χ0v) is 9.17. The topological polar surface area (TPSA) is 17.1 Å². The molecule has 0 N–H and O–H groups in total. The van der Waals surface area contributed by atoms with Crippen LogP contribution in [0.15, 0.2) is 16.6 Å². The Bertz CT molecular complexity index is 416. The van der Waals surface area contributed by atoms with Crippen molar-refractivity contribution in [2.24, 2.45) is 0 Å². The highest BCUT2D eigenvalue weighted by atomic mass is 79.9. The first-order valence-corrected chi connectivity index (χ1v) is 4.66. The average molecular weight is 305 g/mol. The van der Waals surface area contributed by atoms with Crippen LogP contribution < -0.4 is 0 Å². The first-order valence-electron chi connectivity index (χ1n) is 3.49. The van der Waals surface area contributed by atoms with Gasteiger partial charge in [-0.1, -0.05) is 0 Å². The molecule has 0 fully saturated rings. The van der Waals surface area contributed by atoms with Crippen LogP contribution in [0.2, 0.25) is 0 Å². The molecule has 0 aliphatic rings. The third-order valence-electron chi connectivity index (χ3n) is 1.55. The Morgan fingerprint density at radius 1 is 1.33 bits per heavy atom. The van der Waals surface area contributed by atoms with Gasteiger partial charge in [0.1, 0.15) is 5.82 Å². The molecular weight excluding hydrogens is 303 g/mol. The number of alkyl halides is 3. The van der Waals surface area contributed by atoms with E-state index >= 15 is 0 Å². The molecule has 82 valence electrons. The van der Waals surface area contributed by atoms with E-state index in [1.165, 1.54) is 0 Å². The van der Waals surface area contributed by atoms with Crippen LogP contribution in [-0.2, 0) is 6.18 Å². The van der Waals surface area contributed by atoms with Gasteiger partial charge in [-0.3, -0.25) is 4.79 Å². The maximum atomic E-state index is 12.8. The molecule has 0 amide bonds. The van der Waals surface area contributed by atoms with E-state index in [2.05, 4.69) is 15.9 Å². The molecule has 0 aliphatic heterocycles. The summed E-state index contributed by atoms with van der Waals surface area (Å²) in [7, 11) is 0. The van der Waals surface area contributed by atoms with Crippen molar-refractivity contribution in [3.8, 4) is 0 Å². The second-order valence-electron chi connectivity index (χ2n) is 2.59. The summed E-state index contributed by atoms with van der Waals surface area (Å²) < 4.78 is 49.2. The first-order chi connectivity index (χ1) is 6.73. The van der Waals surface area contributed by atoms with Gasteiger partial charge in [0.2, 0.25) is 0 Å². The molecule has 0 aliphatic carbocycles. The van der Waals surface area contributed by atoms with Crippen molar-refractivity contribution in [2.45, 2.75) is 6.18 Å². The fourth-order valence-corrected chi connectivity index (χ4v) is 1.84. The molecule has 1 aromatic rings. The maximum Gasteiger partial charge on any atom is 0.417 e. The molecule has 1 rings (SSSR count). The second-order valence-corrected chi connectivity index (χ2v) is 3.72. The third-order valence-corrected chi connectivity index (χ3v) is 2.61. The fourth-order valence-electron chi connectivity index (χ4n) is 0.939. The van der Waals surface area contributed by atoms with E-state index in [4.69, 9.17) is 11.6 Å². The van der Waals surface area contributed by atoms with Crippen LogP contribution in [0.1, 0.15) is 15.9 Å². The Kier molecular flexibility index (Phi) is 3.40. The number of benzene rings is 1. The molecule has 0 atom stereocenters. The van der Waals surface area contributed by atoms with E-state index in [1.54, 1.807) is 0 Å². The van der Waals surface area contributed by atoms with Crippen LogP contribution >= 0.6 is 27.5 Å². The summed E-state index contributed by atoms with van der Waals surface area (Å²) in [6.45, 7) is 0. The minimum Gasteiger partial charge on any atom is -0.276 e. The van der Waals surface area contributed by atoms with Gasteiger partial charge in [-0.05, 0) is 39.7 Å². The third kappa shape index (κ3) is 2.69. The average Bonchev–Trinajstić information content (AvgIpc) is 2.06. The molecule has 0 bridgehead atoms. The Hall–Kier alpha value is -0.620. The molecule has 15 heavy (non-hydrogen) atoms. The number of carbonyl (C=O) groups is 1. The highest BCUT2D eigenvalue weighted by Gasteiger charge is 2.35. The van der Waals surface area contributed by atoms with Gasteiger partial charge in [-0.2, -0.15) is 13.2 Å². The summed E-state index contributed by atoms with van der Waals surface area (Å²) in [5.74, 6) is -1.17. The molecule has 7 heteroatoms. The van der Waals surface area contributed by atoms with Crippen LogP contribution in [0.4, 0.5) is 17.6 Å². The highest BCUT2D eigenvalue weighted by molar-refractivity contribution is 9.10. The van der Waals surface area contributed by atoms with Gasteiger partial charge in [0.05, 0.1) is 11.1 Å². The molecule has 0 radical (unpaired) electrons. The van der Waals surface area contributed by atoms with Crippen molar-refractivity contribution in [1.29, 1.82) is 0 Å². The van der Waals surface area contributed by atoms with E-state index < -0.39 is 32.8 Å². The smallest absolute Gasteiger partial charge is 0.276 e. The van der Waals surface area contributed by atoms with Gasteiger partial charge >= 0.3 is 6.18 Å². The molecule has 0 saturated heterocycles. The van der Waals surface area contributed by atoms with E-state index in [9.17, 15) is 22.4 Å². The monoisotopic (exact) mass is 304 g/mol. The number of carbonyl (C=O) groups excluding carboxylic acids is 1. The van der Waals surface area contributed by atoms with E-state index in [0.29, 0.717) is 6.07 Å². The van der Waals surface area contributed by atoms with Crippen molar-refractivity contribution < 1.29 is 22.4 Å². The summed E-state index contributed by atoms with van der Waals surface area (Å²) >= 11 is 7.56. The Labute approximate surface area is 95.2 Å². The van der Waals surface area contributed by atoms with Gasteiger partial charge in [0, 0.05) is 4.47 Å². The fraction of sp³-hybridized carbons (Fsp3) is 0.125. The predicted octanol–water partition coefficient (Wildman–Crippen LogP) is 3.99. The highest BCUT2D eigenvalue weighted by Crippen LogP contribution is 2.37.